The minimum Gasteiger partial charge on any atom is -0.348 e. The van der Waals surface area contributed by atoms with Crippen LogP contribution in [0.4, 0.5) is 0 Å². The van der Waals surface area contributed by atoms with E-state index < -0.39 is 6.04 Å². The van der Waals surface area contributed by atoms with Gasteiger partial charge >= 0.3 is 0 Å². The Hall–Kier alpha value is -1.85. The molecule has 2 amide bonds. The average molecular weight is 337 g/mol. The Morgan fingerprint density at radius 3 is 2.45 bits per heavy atom. The molecule has 0 aliphatic rings. The number of thiophene rings is 1. The van der Waals surface area contributed by atoms with Crippen molar-refractivity contribution in [2.24, 2.45) is 0 Å². The molecule has 6 heteroatoms. The molecule has 4 nitrogen and oxygen atoms in total. The lowest BCUT2D eigenvalue weighted by Gasteiger charge is -2.19. The largest absolute Gasteiger partial charge is 0.348 e. The number of nitrogens with one attached hydrogen (secondary N) is 2. The van der Waals surface area contributed by atoms with Crippen LogP contribution in [-0.2, 0) is 4.79 Å². The van der Waals surface area contributed by atoms with Gasteiger partial charge in [0.05, 0.1) is 10.9 Å². The Morgan fingerprint density at radius 2 is 1.82 bits per heavy atom. The van der Waals surface area contributed by atoms with Gasteiger partial charge in [0.2, 0.25) is 5.91 Å². The highest BCUT2D eigenvalue weighted by Crippen LogP contribution is 2.22. The molecule has 1 aromatic carbocycles. The molecule has 0 aliphatic heterocycles. The quantitative estimate of drug-likeness (QED) is 0.879. The fraction of sp³-hybridized carbons (Fsp3) is 0.250. The van der Waals surface area contributed by atoms with Crippen LogP contribution in [0.3, 0.4) is 0 Å². The molecule has 0 fully saturated rings. The number of carbonyl (C=O) groups is 2. The third-order valence-electron chi connectivity index (χ3n) is 3.22. The number of amides is 2. The van der Waals surface area contributed by atoms with Crippen LogP contribution >= 0.6 is 22.9 Å². The summed E-state index contributed by atoms with van der Waals surface area (Å²) in [6, 6.07) is 10.0. The standard InChI is InChI=1S/C16H17ClN2O2S/c1-10(12-6-3-4-7-13(12)17)18-15(20)11(2)19-16(21)14-8-5-9-22-14/h3-11H,1-2H3,(H,18,20)(H,19,21). The summed E-state index contributed by atoms with van der Waals surface area (Å²) >= 11 is 7.45. The molecular formula is C16H17ClN2O2S. The highest BCUT2D eigenvalue weighted by molar-refractivity contribution is 7.12. The average Bonchev–Trinajstić information content (AvgIpc) is 3.01. The smallest absolute Gasteiger partial charge is 0.261 e. The topological polar surface area (TPSA) is 58.2 Å². The van der Waals surface area contributed by atoms with Crippen LogP contribution in [0.15, 0.2) is 41.8 Å². The summed E-state index contributed by atoms with van der Waals surface area (Å²) in [5, 5.41) is 7.95. The Balaban J connectivity index is 1.94. The zero-order valence-corrected chi connectivity index (χ0v) is 13.9. The van der Waals surface area contributed by atoms with E-state index in [0.717, 1.165) is 5.56 Å². The zero-order valence-electron chi connectivity index (χ0n) is 12.3. The molecule has 2 aromatic rings. The van der Waals surface area contributed by atoms with Crippen LogP contribution in [0.2, 0.25) is 5.02 Å². The van der Waals surface area contributed by atoms with Gasteiger partial charge in [-0.1, -0.05) is 35.9 Å². The molecule has 2 N–H and O–H groups in total. The second-order valence-electron chi connectivity index (χ2n) is 4.92. The molecule has 0 saturated heterocycles. The Bertz CT molecular complexity index is 658. The van der Waals surface area contributed by atoms with Crippen molar-refractivity contribution < 1.29 is 9.59 Å². The predicted molar refractivity (Wildman–Crippen MR) is 89.3 cm³/mol. The van der Waals surface area contributed by atoms with Crippen LogP contribution in [0, 0.1) is 0 Å². The third-order valence-corrected chi connectivity index (χ3v) is 4.43. The minimum absolute atomic E-state index is 0.234. The normalized spacial score (nSPS) is 13.2. The van der Waals surface area contributed by atoms with Gasteiger partial charge in [-0.15, -0.1) is 11.3 Å². The second-order valence-corrected chi connectivity index (χ2v) is 6.28. The molecule has 0 saturated carbocycles. The predicted octanol–water partition coefficient (Wildman–Crippen LogP) is 3.40. The van der Waals surface area contributed by atoms with Gasteiger partial charge in [-0.25, -0.2) is 0 Å². The fourth-order valence-electron chi connectivity index (χ4n) is 1.98. The molecule has 116 valence electrons. The summed E-state index contributed by atoms with van der Waals surface area (Å²) in [5.41, 5.74) is 0.842. The van der Waals surface area contributed by atoms with Crippen LogP contribution < -0.4 is 10.6 Å². The van der Waals surface area contributed by atoms with E-state index in [-0.39, 0.29) is 17.9 Å². The SMILES string of the molecule is CC(NC(=O)c1cccs1)C(=O)NC(C)c1ccccc1Cl. The minimum atomic E-state index is -0.625. The molecule has 22 heavy (non-hydrogen) atoms. The molecule has 0 aliphatic carbocycles. The molecule has 0 spiro atoms. The fourth-order valence-corrected chi connectivity index (χ4v) is 2.91. The van der Waals surface area contributed by atoms with Gasteiger partial charge in [0.25, 0.3) is 5.91 Å². The lowest BCUT2D eigenvalue weighted by atomic mass is 10.1. The molecule has 0 radical (unpaired) electrons. The van der Waals surface area contributed by atoms with Crippen molar-refractivity contribution in [3.05, 3.63) is 57.2 Å². The van der Waals surface area contributed by atoms with Gasteiger partial charge < -0.3 is 10.6 Å². The first-order valence-corrected chi connectivity index (χ1v) is 8.14. The summed E-state index contributed by atoms with van der Waals surface area (Å²) in [6.45, 7) is 3.51. The van der Waals surface area contributed by atoms with Gasteiger partial charge in [-0.2, -0.15) is 0 Å². The van der Waals surface area contributed by atoms with Crippen LogP contribution in [0.1, 0.15) is 35.1 Å². The number of hydrogen-bond acceptors (Lipinski definition) is 3. The first-order chi connectivity index (χ1) is 10.5. The van der Waals surface area contributed by atoms with E-state index in [2.05, 4.69) is 10.6 Å². The monoisotopic (exact) mass is 336 g/mol. The number of carbonyl (C=O) groups excluding carboxylic acids is 2. The lowest BCUT2D eigenvalue weighted by Crippen LogP contribution is -2.45. The number of rotatable bonds is 5. The third kappa shape index (κ3) is 4.08. The Morgan fingerprint density at radius 1 is 1.09 bits per heavy atom. The van der Waals surface area contributed by atoms with E-state index in [1.54, 1.807) is 25.1 Å². The van der Waals surface area contributed by atoms with Gasteiger partial charge in [0.15, 0.2) is 0 Å². The number of hydrogen-bond donors (Lipinski definition) is 2. The highest BCUT2D eigenvalue weighted by Gasteiger charge is 2.19. The summed E-state index contributed by atoms with van der Waals surface area (Å²) in [4.78, 5) is 24.7. The van der Waals surface area contributed by atoms with Crippen molar-refractivity contribution in [2.75, 3.05) is 0 Å². The van der Waals surface area contributed by atoms with Crippen molar-refractivity contribution in [3.63, 3.8) is 0 Å². The van der Waals surface area contributed by atoms with E-state index in [0.29, 0.717) is 9.90 Å². The summed E-state index contributed by atoms with van der Waals surface area (Å²) in [6.07, 6.45) is 0. The van der Waals surface area contributed by atoms with Gasteiger partial charge in [0, 0.05) is 5.02 Å². The van der Waals surface area contributed by atoms with Gasteiger partial charge in [-0.05, 0) is 36.9 Å². The Kier molecular flexibility index (Phi) is 5.57. The van der Waals surface area contributed by atoms with Crippen molar-refractivity contribution >= 4 is 34.8 Å². The molecule has 2 atom stereocenters. The summed E-state index contributed by atoms with van der Waals surface area (Å²) in [7, 11) is 0. The van der Waals surface area contributed by atoms with E-state index in [1.807, 2.05) is 30.5 Å². The molecule has 1 aromatic heterocycles. The molecule has 0 bridgehead atoms. The Labute approximate surface area is 138 Å². The van der Waals surface area contributed by atoms with Gasteiger partial charge in [0.1, 0.15) is 6.04 Å². The van der Waals surface area contributed by atoms with Gasteiger partial charge in [-0.3, -0.25) is 9.59 Å². The number of halogens is 1. The first-order valence-electron chi connectivity index (χ1n) is 6.88. The maximum atomic E-state index is 12.2. The molecule has 2 rings (SSSR count). The van der Waals surface area contributed by atoms with Crippen molar-refractivity contribution in [1.29, 1.82) is 0 Å². The first kappa shape index (κ1) is 16.5. The highest BCUT2D eigenvalue weighted by atomic mass is 35.5. The van der Waals surface area contributed by atoms with E-state index >= 15 is 0 Å². The summed E-state index contributed by atoms with van der Waals surface area (Å²) < 4.78 is 0. The second kappa shape index (κ2) is 7.42. The molecular weight excluding hydrogens is 320 g/mol. The summed E-state index contributed by atoms with van der Waals surface area (Å²) in [5.74, 6) is -0.500. The van der Waals surface area contributed by atoms with Crippen molar-refractivity contribution in [3.8, 4) is 0 Å². The van der Waals surface area contributed by atoms with Crippen LogP contribution in [-0.4, -0.2) is 17.9 Å². The van der Waals surface area contributed by atoms with Crippen LogP contribution in [0.25, 0.3) is 0 Å². The van der Waals surface area contributed by atoms with Crippen LogP contribution in [0.5, 0.6) is 0 Å². The van der Waals surface area contributed by atoms with E-state index in [9.17, 15) is 9.59 Å². The van der Waals surface area contributed by atoms with Crippen molar-refractivity contribution in [2.45, 2.75) is 25.9 Å². The lowest BCUT2D eigenvalue weighted by molar-refractivity contribution is -0.123. The maximum Gasteiger partial charge on any atom is 0.261 e. The molecule has 1 heterocycles. The maximum absolute atomic E-state index is 12.2. The molecule has 2 unspecified atom stereocenters. The van der Waals surface area contributed by atoms with E-state index in [1.165, 1.54) is 11.3 Å². The van der Waals surface area contributed by atoms with E-state index in [4.69, 9.17) is 11.6 Å². The zero-order chi connectivity index (χ0) is 16.1. The van der Waals surface area contributed by atoms with Crippen molar-refractivity contribution in [1.82, 2.24) is 10.6 Å². The number of benzene rings is 1.